The number of hydrogen-bond donors (Lipinski definition) is 1. The second-order valence-corrected chi connectivity index (χ2v) is 8.18. The van der Waals surface area contributed by atoms with Crippen LogP contribution in [0.5, 0.6) is 0 Å². The molecule has 5 nitrogen and oxygen atoms in total. The van der Waals surface area contributed by atoms with E-state index in [0.717, 1.165) is 29.8 Å². The predicted molar refractivity (Wildman–Crippen MR) is 104 cm³/mol. The van der Waals surface area contributed by atoms with Crippen LogP contribution in [0.25, 0.3) is 0 Å². The van der Waals surface area contributed by atoms with Crippen molar-refractivity contribution < 1.29 is 19.3 Å². The molecule has 0 aromatic heterocycles. The van der Waals surface area contributed by atoms with Gasteiger partial charge in [0.25, 0.3) is 0 Å². The molecule has 2 aromatic rings. The molecule has 142 valence electrons. The number of amides is 2. The van der Waals surface area contributed by atoms with Crippen LogP contribution in [0.1, 0.15) is 28.8 Å². The summed E-state index contributed by atoms with van der Waals surface area (Å²) in [7, 11) is 0. The molecule has 5 atom stereocenters. The van der Waals surface area contributed by atoms with Gasteiger partial charge in [0, 0.05) is 18.4 Å². The number of nitrogens with zero attached hydrogens (tertiary/aromatic N) is 1. The zero-order valence-electron chi connectivity index (χ0n) is 15.8. The Labute approximate surface area is 163 Å². The van der Waals surface area contributed by atoms with Crippen molar-refractivity contribution in [3.8, 4) is 0 Å². The van der Waals surface area contributed by atoms with Crippen molar-refractivity contribution in [1.29, 1.82) is 0 Å². The van der Waals surface area contributed by atoms with Gasteiger partial charge in [0.1, 0.15) is 17.9 Å². The molecule has 2 aromatic carbocycles. The number of nitrogens with one attached hydrogen (secondary N) is 1. The van der Waals surface area contributed by atoms with Gasteiger partial charge in [-0.25, -0.2) is 4.90 Å². The van der Waals surface area contributed by atoms with Crippen LogP contribution in [-0.2, 0) is 9.59 Å². The van der Waals surface area contributed by atoms with Crippen LogP contribution < -0.4 is 9.80 Å². The van der Waals surface area contributed by atoms with Crippen LogP contribution in [0.3, 0.4) is 0 Å². The second kappa shape index (κ2) is 6.38. The summed E-state index contributed by atoms with van der Waals surface area (Å²) in [6, 6.07) is 16.2. The number of carbonyl (C=O) groups excluding carboxylic acids is 3. The summed E-state index contributed by atoms with van der Waals surface area (Å²) in [5, 5.41) is 0. The lowest BCUT2D eigenvalue weighted by molar-refractivity contribution is -0.915. The van der Waals surface area contributed by atoms with Gasteiger partial charge in [-0.15, -0.1) is 0 Å². The fourth-order valence-electron chi connectivity index (χ4n) is 5.47. The van der Waals surface area contributed by atoms with E-state index in [1.54, 1.807) is 12.1 Å². The standard InChI is InChI=1S/C23H22N2O3/c1-14-9-11-16(12-10-14)25-22(27)18-17-8-5-13-24(17)20(19(18)23(25)28)21(26)15-6-3-2-4-7-15/h2-4,6-7,9-12,17-20H,5,8,13H2,1H3/p+1/t17-,18-,19-,20+/m0/s1. The third-order valence-electron chi connectivity index (χ3n) is 6.68. The van der Waals surface area contributed by atoms with E-state index in [2.05, 4.69) is 0 Å². The zero-order valence-corrected chi connectivity index (χ0v) is 15.8. The second-order valence-electron chi connectivity index (χ2n) is 8.18. The number of anilines is 1. The zero-order chi connectivity index (χ0) is 19.4. The quantitative estimate of drug-likeness (QED) is 0.652. The Balaban J connectivity index is 1.55. The SMILES string of the molecule is Cc1ccc(N2C(=O)[C@@H]3[C@H](C2=O)[C@H](C(=O)c2ccccc2)[NH+]2CCC[C@@H]32)cc1. The van der Waals surface area contributed by atoms with Crippen molar-refractivity contribution in [1.82, 2.24) is 0 Å². The van der Waals surface area contributed by atoms with Gasteiger partial charge in [-0.05, 0) is 19.1 Å². The molecule has 1 N–H and O–H groups in total. The molecule has 3 aliphatic heterocycles. The summed E-state index contributed by atoms with van der Waals surface area (Å²) in [5.41, 5.74) is 2.31. The number of quaternary nitrogens is 1. The first-order valence-corrected chi connectivity index (χ1v) is 9.97. The first kappa shape index (κ1) is 17.3. The first-order chi connectivity index (χ1) is 13.6. The van der Waals surface area contributed by atoms with E-state index in [1.807, 2.05) is 49.4 Å². The molecule has 0 bridgehead atoms. The van der Waals surface area contributed by atoms with Gasteiger partial charge in [-0.2, -0.15) is 0 Å². The lowest BCUT2D eigenvalue weighted by Crippen LogP contribution is -3.16. The van der Waals surface area contributed by atoms with Gasteiger partial charge < -0.3 is 4.90 Å². The van der Waals surface area contributed by atoms with Crippen LogP contribution >= 0.6 is 0 Å². The van der Waals surface area contributed by atoms with Gasteiger partial charge in [0.05, 0.1) is 12.2 Å². The highest BCUT2D eigenvalue weighted by molar-refractivity contribution is 6.24. The first-order valence-electron chi connectivity index (χ1n) is 9.97. The molecule has 0 aliphatic carbocycles. The van der Waals surface area contributed by atoms with Crippen molar-refractivity contribution in [3.63, 3.8) is 0 Å². The van der Waals surface area contributed by atoms with Crippen LogP contribution in [0.15, 0.2) is 54.6 Å². The number of rotatable bonds is 3. The Morgan fingerprint density at radius 3 is 2.36 bits per heavy atom. The lowest BCUT2D eigenvalue weighted by atomic mass is 9.85. The van der Waals surface area contributed by atoms with E-state index >= 15 is 0 Å². The minimum Gasteiger partial charge on any atom is -0.322 e. The highest BCUT2D eigenvalue weighted by Crippen LogP contribution is 2.40. The fraction of sp³-hybridized carbons (Fsp3) is 0.348. The molecule has 0 saturated carbocycles. The Morgan fingerprint density at radius 1 is 0.964 bits per heavy atom. The van der Waals surface area contributed by atoms with Crippen LogP contribution in [0.2, 0.25) is 0 Å². The maximum atomic E-state index is 13.4. The average molecular weight is 375 g/mol. The Kier molecular flexibility index (Phi) is 3.95. The van der Waals surface area contributed by atoms with Crippen molar-refractivity contribution >= 4 is 23.3 Å². The number of benzene rings is 2. The molecule has 1 unspecified atom stereocenters. The van der Waals surface area contributed by atoms with Gasteiger partial charge in [-0.1, -0.05) is 48.0 Å². The molecule has 28 heavy (non-hydrogen) atoms. The van der Waals surface area contributed by atoms with Crippen molar-refractivity contribution in [2.75, 3.05) is 11.4 Å². The Hall–Kier alpha value is -2.79. The van der Waals surface area contributed by atoms with E-state index in [1.165, 1.54) is 4.90 Å². The van der Waals surface area contributed by atoms with Crippen LogP contribution in [0.4, 0.5) is 5.69 Å². The number of imide groups is 1. The maximum absolute atomic E-state index is 13.4. The molecule has 0 spiro atoms. The fourth-order valence-corrected chi connectivity index (χ4v) is 5.47. The Morgan fingerprint density at radius 2 is 1.64 bits per heavy atom. The lowest BCUT2D eigenvalue weighted by Gasteiger charge is -2.25. The molecule has 2 amide bonds. The highest BCUT2D eigenvalue weighted by Gasteiger charge is 2.68. The number of aryl methyl sites for hydroxylation is 1. The number of Topliss-reactive ketones (excluding diaryl/α,β-unsaturated/α-hetero) is 1. The predicted octanol–water partition coefficient (Wildman–Crippen LogP) is 1.41. The van der Waals surface area contributed by atoms with Crippen LogP contribution in [0, 0.1) is 18.8 Å². The smallest absolute Gasteiger partial charge is 0.244 e. The topological polar surface area (TPSA) is 58.9 Å². The van der Waals surface area contributed by atoms with Crippen molar-refractivity contribution in [3.05, 3.63) is 65.7 Å². The summed E-state index contributed by atoms with van der Waals surface area (Å²) in [6.07, 6.45) is 1.89. The van der Waals surface area contributed by atoms with Crippen molar-refractivity contribution in [2.24, 2.45) is 11.8 Å². The van der Waals surface area contributed by atoms with E-state index in [9.17, 15) is 14.4 Å². The minimum atomic E-state index is -0.554. The summed E-state index contributed by atoms with van der Waals surface area (Å²) < 4.78 is 0. The summed E-state index contributed by atoms with van der Waals surface area (Å²) in [4.78, 5) is 42.5. The molecular weight excluding hydrogens is 352 g/mol. The highest BCUT2D eigenvalue weighted by atomic mass is 16.2. The molecule has 5 heteroatoms. The number of fused-ring (bicyclic) bond motifs is 3. The Bertz CT molecular complexity index is 954. The molecule has 3 saturated heterocycles. The van der Waals surface area contributed by atoms with Gasteiger partial charge in [0.15, 0.2) is 6.04 Å². The maximum Gasteiger partial charge on any atom is 0.244 e. The monoisotopic (exact) mass is 375 g/mol. The van der Waals surface area contributed by atoms with E-state index in [0.29, 0.717) is 11.3 Å². The van der Waals surface area contributed by atoms with Gasteiger partial charge >= 0.3 is 0 Å². The van der Waals surface area contributed by atoms with E-state index in [4.69, 9.17) is 0 Å². The number of carbonyl (C=O) groups is 3. The largest absolute Gasteiger partial charge is 0.322 e. The number of hydrogen-bond acceptors (Lipinski definition) is 3. The molecule has 0 radical (unpaired) electrons. The summed E-state index contributed by atoms with van der Waals surface area (Å²) in [5.74, 6) is -1.30. The van der Waals surface area contributed by atoms with Crippen molar-refractivity contribution in [2.45, 2.75) is 31.8 Å². The number of ketones is 1. The third kappa shape index (κ3) is 2.39. The average Bonchev–Trinajstić information content (AvgIpc) is 3.35. The third-order valence-corrected chi connectivity index (χ3v) is 6.68. The molecule has 3 heterocycles. The summed E-state index contributed by atoms with van der Waals surface area (Å²) in [6.45, 7) is 2.83. The molecular formula is C23H23N2O3+. The van der Waals surface area contributed by atoms with E-state index < -0.39 is 12.0 Å². The normalized spacial score (nSPS) is 31.2. The van der Waals surface area contributed by atoms with Gasteiger partial charge in [-0.3, -0.25) is 14.4 Å². The molecule has 3 aliphatic rings. The molecule has 5 rings (SSSR count). The van der Waals surface area contributed by atoms with E-state index in [-0.39, 0.29) is 29.6 Å². The molecule has 3 fully saturated rings. The van der Waals surface area contributed by atoms with Gasteiger partial charge in [0.2, 0.25) is 17.6 Å². The minimum absolute atomic E-state index is 0.0121. The summed E-state index contributed by atoms with van der Waals surface area (Å²) >= 11 is 0. The van der Waals surface area contributed by atoms with Crippen LogP contribution in [-0.4, -0.2) is 36.2 Å².